The van der Waals surface area contributed by atoms with E-state index in [9.17, 15) is 23.1 Å². The fraction of sp³-hybridized carbons (Fsp3) is 0.750. The van der Waals surface area contributed by atoms with E-state index in [0.717, 1.165) is 0 Å². The van der Waals surface area contributed by atoms with Crippen molar-refractivity contribution in [2.75, 3.05) is 67.2 Å². The van der Waals surface area contributed by atoms with Gasteiger partial charge in [0.2, 0.25) is 0 Å². The summed E-state index contributed by atoms with van der Waals surface area (Å²) in [6.45, 7) is 6.52. The molecule has 0 rings (SSSR count). The molecule has 1 N–H and O–H groups in total. The van der Waals surface area contributed by atoms with E-state index < -0.39 is 22.1 Å². The van der Waals surface area contributed by atoms with Crippen LogP contribution in [0.5, 0.6) is 0 Å². The molecule has 10 heteroatoms. The van der Waals surface area contributed by atoms with Crippen LogP contribution in [0, 0.1) is 0 Å². The molecule has 0 aliphatic carbocycles. The van der Waals surface area contributed by atoms with Gasteiger partial charge in [-0.25, -0.2) is 4.79 Å². The third-order valence-electron chi connectivity index (χ3n) is 3.05. The van der Waals surface area contributed by atoms with Crippen LogP contribution in [0.2, 0.25) is 0 Å². The Morgan fingerprint density at radius 2 is 1.62 bits per heavy atom. The second-order valence-corrected chi connectivity index (χ2v) is 9.33. The minimum absolute atomic E-state index is 0.0694. The van der Waals surface area contributed by atoms with Gasteiger partial charge in [0.1, 0.15) is 19.7 Å². The molecule has 0 atom stereocenters. The Balaban J connectivity index is 0. The first-order chi connectivity index (χ1) is 11.5. The maximum Gasteiger partial charge on any atom is 0.333 e. The van der Waals surface area contributed by atoms with Crippen molar-refractivity contribution in [3.05, 3.63) is 12.2 Å². The van der Waals surface area contributed by atoms with Crippen molar-refractivity contribution in [1.82, 2.24) is 0 Å². The van der Waals surface area contributed by atoms with Gasteiger partial charge in [0.15, 0.2) is 0 Å². The Bertz CT molecular complexity index is 578. The van der Waals surface area contributed by atoms with E-state index in [1.807, 2.05) is 14.1 Å². The molecular weight excluding hydrogens is 364 g/mol. The molecule has 154 valence electrons. The molecule has 0 unspecified atom stereocenters. The second-order valence-electron chi connectivity index (χ2n) is 7.76. The van der Waals surface area contributed by atoms with Crippen LogP contribution in [0.4, 0.5) is 0 Å². The Hall–Kier alpha value is -1.49. The van der Waals surface area contributed by atoms with Crippen molar-refractivity contribution in [2.24, 2.45) is 0 Å². The van der Waals surface area contributed by atoms with Crippen LogP contribution in [-0.2, 0) is 24.4 Å². The molecule has 0 radical (unpaired) electrons. The van der Waals surface area contributed by atoms with E-state index in [1.165, 1.54) is 0 Å². The number of likely N-dealkylation sites (N-methyl/N-ethyl adjacent to an activating group) is 2. The quantitative estimate of drug-likeness (QED) is 0.215. The highest BCUT2D eigenvalue weighted by molar-refractivity contribution is 7.85. The molecule has 0 aromatic heterocycles. The number of quaternary nitrogens is 2. The number of aliphatic carboxylic acids is 1. The first-order valence-electron chi connectivity index (χ1n) is 8.05. The number of carbonyl (C=O) groups is 2. The van der Waals surface area contributed by atoms with Gasteiger partial charge in [-0.05, 0) is 6.92 Å². The van der Waals surface area contributed by atoms with Gasteiger partial charge in [-0.2, -0.15) is 8.42 Å². The molecule has 0 fully saturated rings. The van der Waals surface area contributed by atoms with Crippen LogP contribution in [-0.4, -0.2) is 101 Å². The van der Waals surface area contributed by atoms with Crippen molar-refractivity contribution in [3.63, 3.8) is 0 Å². The molecule has 0 saturated heterocycles. The number of hydrogen-bond acceptors (Lipinski definition) is 6. The van der Waals surface area contributed by atoms with E-state index in [1.54, 1.807) is 28.1 Å². The fourth-order valence-electron chi connectivity index (χ4n) is 1.68. The largest absolute Gasteiger partial charge is 0.544 e. The zero-order chi connectivity index (χ0) is 21.2. The van der Waals surface area contributed by atoms with Gasteiger partial charge < -0.3 is 23.6 Å². The summed E-state index contributed by atoms with van der Waals surface area (Å²) in [5.41, 5.74) is 0.353. The molecule has 0 bridgehead atoms. The molecule has 0 aromatic rings. The van der Waals surface area contributed by atoms with Gasteiger partial charge in [-0.15, -0.1) is 0 Å². The highest BCUT2D eigenvalue weighted by Gasteiger charge is 2.17. The third kappa shape index (κ3) is 20.6. The lowest BCUT2D eigenvalue weighted by molar-refractivity contribution is -0.890. The molecule has 9 nitrogen and oxygen atoms in total. The van der Waals surface area contributed by atoms with Crippen LogP contribution in [0.25, 0.3) is 0 Å². The first-order valence-corrected chi connectivity index (χ1v) is 9.66. The van der Waals surface area contributed by atoms with Crippen LogP contribution in [0.1, 0.15) is 13.3 Å². The molecule has 0 aromatic carbocycles. The zero-order valence-corrected chi connectivity index (χ0v) is 17.5. The maximum atomic E-state index is 11.1. The molecule has 0 amide bonds. The summed E-state index contributed by atoms with van der Waals surface area (Å²) in [6, 6.07) is 0. The highest BCUT2D eigenvalue weighted by Crippen LogP contribution is 2.02. The van der Waals surface area contributed by atoms with Gasteiger partial charge >= 0.3 is 5.97 Å². The van der Waals surface area contributed by atoms with Crippen LogP contribution < -0.4 is 5.11 Å². The normalized spacial score (nSPS) is 12.0. The minimum Gasteiger partial charge on any atom is -0.544 e. The number of carbonyl (C=O) groups excluding carboxylic acids is 2. The maximum absolute atomic E-state index is 11.1. The third-order valence-corrected chi connectivity index (χ3v) is 3.85. The molecule has 26 heavy (non-hydrogen) atoms. The van der Waals surface area contributed by atoms with Gasteiger partial charge in [-0.1, -0.05) is 6.58 Å². The van der Waals surface area contributed by atoms with Crippen molar-refractivity contribution in [2.45, 2.75) is 13.3 Å². The summed E-state index contributed by atoms with van der Waals surface area (Å²) in [6.07, 6.45) is 0.361. The number of esters is 1. The fourth-order valence-corrected chi connectivity index (χ4v) is 2.18. The van der Waals surface area contributed by atoms with Crippen molar-refractivity contribution >= 4 is 22.1 Å². The summed E-state index contributed by atoms with van der Waals surface area (Å²) in [7, 11) is 5.31. The lowest BCUT2D eigenvalue weighted by atomic mass is 10.3. The number of rotatable bonds is 10. The SMILES string of the molecule is C=C(C)C(=O)OCC[N+](C)(C)CCCS(=O)(=O)O.C[N+](C)(C)CC(=O)[O-]. The van der Waals surface area contributed by atoms with Crippen LogP contribution >= 0.6 is 0 Å². The van der Waals surface area contributed by atoms with Gasteiger partial charge in [0.25, 0.3) is 10.1 Å². The molecule has 0 spiro atoms. The number of carboxylic acids is 1. The molecule has 0 aliphatic rings. The number of hydrogen-bond donors (Lipinski definition) is 1. The molecular formula is C16H33N2O7S+. The summed E-state index contributed by atoms with van der Waals surface area (Å²) in [5.74, 6) is -1.68. The first kappa shape index (κ1) is 26.7. The van der Waals surface area contributed by atoms with E-state index in [2.05, 4.69) is 6.58 Å². The summed E-state index contributed by atoms with van der Waals surface area (Å²) in [4.78, 5) is 21.0. The van der Waals surface area contributed by atoms with E-state index in [4.69, 9.17) is 9.29 Å². The zero-order valence-electron chi connectivity index (χ0n) is 16.6. The average Bonchev–Trinajstić information content (AvgIpc) is 2.33. The van der Waals surface area contributed by atoms with Gasteiger partial charge in [-0.3, -0.25) is 4.55 Å². The summed E-state index contributed by atoms with van der Waals surface area (Å²) >= 11 is 0. The lowest BCUT2D eigenvalue weighted by Gasteiger charge is -2.29. The summed E-state index contributed by atoms with van der Waals surface area (Å²) in [5, 5.41) is 9.89. The molecule has 0 heterocycles. The highest BCUT2D eigenvalue weighted by atomic mass is 32.2. The Morgan fingerprint density at radius 1 is 1.12 bits per heavy atom. The predicted molar refractivity (Wildman–Crippen MR) is 96.6 cm³/mol. The van der Waals surface area contributed by atoms with Gasteiger partial charge in [0.05, 0.1) is 53.5 Å². The number of nitrogens with zero attached hydrogens (tertiary/aromatic N) is 2. The molecule has 0 aliphatic heterocycles. The number of carboxylic acid groups (broad SMARTS) is 1. The van der Waals surface area contributed by atoms with Crippen molar-refractivity contribution in [1.29, 1.82) is 0 Å². The molecule has 0 saturated carbocycles. The Labute approximate surface area is 156 Å². The van der Waals surface area contributed by atoms with Crippen molar-refractivity contribution in [3.8, 4) is 0 Å². The summed E-state index contributed by atoms with van der Waals surface area (Å²) < 4.78 is 35.6. The van der Waals surface area contributed by atoms with E-state index >= 15 is 0 Å². The Morgan fingerprint density at radius 3 is 1.92 bits per heavy atom. The van der Waals surface area contributed by atoms with E-state index in [0.29, 0.717) is 34.0 Å². The standard InChI is InChI=1S/C11H21NO5S.C5H11NO2/c1-10(2)11(13)17-8-7-12(3,4)6-5-9-18(14,15)16;1-6(2,3)4-5(7)8/h1,5-9H2,2-4H3;4H2,1-3H3/p+1. The monoisotopic (exact) mass is 397 g/mol. The van der Waals surface area contributed by atoms with E-state index in [-0.39, 0.29) is 18.9 Å². The van der Waals surface area contributed by atoms with Crippen LogP contribution in [0.15, 0.2) is 12.2 Å². The van der Waals surface area contributed by atoms with Gasteiger partial charge in [0, 0.05) is 12.0 Å². The Kier molecular flexibility index (Phi) is 11.6. The lowest BCUT2D eigenvalue weighted by Crippen LogP contribution is -2.45. The topological polar surface area (TPSA) is 121 Å². The average molecular weight is 398 g/mol. The minimum atomic E-state index is -3.90. The number of ether oxygens (including phenoxy) is 1. The second kappa shape index (κ2) is 11.3. The predicted octanol–water partition coefficient (Wildman–Crippen LogP) is -1.10. The van der Waals surface area contributed by atoms with Crippen molar-refractivity contribution < 1.29 is 41.4 Å². The smallest absolute Gasteiger partial charge is 0.333 e. The van der Waals surface area contributed by atoms with Crippen LogP contribution in [0.3, 0.4) is 0 Å².